The molecule has 0 bridgehead atoms. The molecule has 1 aliphatic rings. The van der Waals surface area contributed by atoms with Crippen LogP contribution in [0.1, 0.15) is 24.5 Å². The average Bonchev–Trinajstić information content (AvgIpc) is 2.80. The van der Waals surface area contributed by atoms with E-state index in [2.05, 4.69) is 33.9 Å². The van der Waals surface area contributed by atoms with E-state index in [0.29, 0.717) is 18.8 Å². The maximum absolute atomic E-state index is 12.8. The Balaban J connectivity index is 1.36. The fourth-order valence-electron chi connectivity index (χ4n) is 3.92. The van der Waals surface area contributed by atoms with Crippen molar-refractivity contribution in [2.24, 2.45) is 0 Å². The van der Waals surface area contributed by atoms with Gasteiger partial charge in [-0.1, -0.05) is 48.5 Å². The summed E-state index contributed by atoms with van der Waals surface area (Å²) < 4.78 is 5.96. The standard InChI is InChI=1S/C25H28N4O2/c1-19-8-6-7-11-22(19)31-24-16-23(26-18-27-24)28-14-15-29(20(2)17-28)25(30)13-12-21-9-4-3-5-10-21/h3-11,16,18,20H,12-15,17H2,1-2H3. The fraction of sp³-hybridized carbons (Fsp3) is 0.320. The number of aromatic nitrogens is 2. The van der Waals surface area contributed by atoms with Crippen LogP contribution >= 0.6 is 0 Å². The van der Waals surface area contributed by atoms with Crippen LogP contribution in [0.25, 0.3) is 0 Å². The quantitative estimate of drug-likeness (QED) is 0.601. The van der Waals surface area contributed by atoms with E-state index in [-0.39, 0.29) is 11.9 Å². The van der Waals surface area contributed by atoms with Crippen LogP contribution in [0.5, 0.6) is 11.6 Å². The summed E-state index contributed by atoms with van der Waals surface area (Å²) in [6.45, 7) is 6.26. The van der Waals surface area contributed by atoms with Gasteiger partial charge in [-0.2, -0.15) is 0 Å². The van der Waals surface area contributed by atoms with Crippen molar-refractivity contribution in [3.8, 4) is 11.6 Å². The normalized spacial score (nSPS) is 16.3. The van der Waals surface area contributed by atoms with E-state index in [4.69, 9.17) is 4.74 Å². The molecule has 3 aromatic rings. The number of carbonyl (C=O) groups excluding carboxylic acids is 1. The van der Waals surface area contributed by atoms with Gasteiger partial charge in [-0.3, -0.25) is 4.79 Å². The molecule has 4 rings (SSSR count). The molecule has 0 spiro atoms. The van der Waals surface area contributed by atoms with Crippen molar-refractivity contribution < 1.29 is 9.53 Å². The zero-order valence-corrected chi connectivity index (χ0v) is 18.1. The molecule has 1 aliphatic heterocycles. The number of hydrogen-bond donors (Lipinski definition) is 0. The molecule has 1 saturated heterocycles. The number of anilines is 1. The lowest BCUT2D eigenvalue weighted by molar-refractivity contribution is -0.133. The summed E-state index contributed by atoms with van der Waals surface area (Å²) in [5, 5.41) is 0. The van der Waals surface area contributed by atoms with Crippen LogP contribution in [0.4, 0.5) is 5.82 Å². The predicted octanol–water partition coefficient (Wildman–Crippen LogP) is 4.25. The van der Waals surface area contributed by atoms with Crippen molar-refractivity contribution in [3.05, 3.63) is 78.1 Å². The highest BCUT2D eigenvalue weighted by Gasteiger charge is 2.28. The monoisotopic (exact) mass is 416 g/mol. The molecule has 31 heavy (non-hydrogen) atoms. The lowest BCUT2D eigenvalue weighted by atomic mass is 10.1. The van der Waals surface area contributed by atoms with Gasteiger partial charge in [0, 0.05) is 38.2 Å². The third kappa shape index (κ3) is 5.20. The second-order valence-electron chi connectivity index (χ2n) is 7.95. The maximum Gasteiger partial charge on any atom is 0.224 e. The van der Waals surface area contributed by atoms with Crippen molar-refractivity contribution >= 4 is 11.7 Å². The minimum absolute atomic E-state index is 0.118. The highest BCUT2D eigenvalue weighted by atomic mass is 16.5. The third-order valence-electron chi connectivity index (χ3n) is 5.68. The minimum atomic E-state index is 0.118. The zero-order valence-electron chi connectivity index (χ0n) is 18.1. The Kier molecular flexibility index (Phi) is 6.46. The second-order valence-corrected chi connectivity index (χ2v) is 7.95. The molecule has 6 nitrogen and oxygen atoms in total. The van der Waals surface area contributed by atoms with E-state index in [1.165, 1.54) is 11.9 Å². The topological polar surface area (TPSA) is 58.6 Å². The molecule has 1 unspecified atom stereocenters. The van der Waals surface area contributed by atoms with Gasteiger partial charge in [-0.25, -0.2) is 9.97 Å². The van der Waals surface area contributed by atoms with Gasteiger partial charge < -0.3 is 14.5 Å². The minimum Gasteiger partial charge on any atom is -0.439 e. The van der Waals surface area contributed by atoms with Gasteiger partial charge in [0.25, 0.3) is 0 Å². The SMILES string of the molecule is Cc1ccccc1Oc1cc(N2CCN(C(=O)CCc3ccccc3)C(C)C2)ncn1. The number of nitrogens with zero attached hydrogens (tertiary/aromatic N) is 4. The molecule has 2 aromatic carbocycles. The first-order valence-corrected chi connectivity index (χ1v) is 10.7. The van der Waals surface area contributed by atoms with Gasteiger partial charge in [0.15, 0.2) is 0 Å². The predicted molar refractivity (Wildman–Crippen MR) is 121 cm³/mol. The Morgan fingerprint density at radius 1 is 1.06 bits per heavy atom. The number of carbonyl (C=O) groups is 1. The molecule has 0 saturated carbocycles. The van der Waals surface area contributed by atoms with Crippen molar-refractivity contribution in [3.63, 3.8) is 0 Å². The number of ether oxygens (including phenoxy) is 1. The first kappa shape index (κ1) is 20.8. The number of amides is 1. The molecule has 1 atom stereocenters. The molecule has 6 heteroatoms. The molecule has 0 aliphatic carbocycles. The number of hydrogen-bond acceptors (Lipinski definition) is 5. The van der Waals surface area contributed by atoms with Gasteiger partial charge in [0.05, 0.1) is 0 Å². The van der Waals surface area contributed by atoms with Crippen molar-refractivity contribution in [2.45, 2.75) is 32.7 Å². The number of rotatable bonds is 6. The molecule has 160 valence electrons. The summed E-state index contributed by atoms with van der Waals surface area (Å²) in [5.74, 6) is 2.34. The Bertz CT molecular complexity index is 1020. The van der Waals surface area contributed by atoms with E-state index in [1.54, 1.807) is 0 Å². The van der Waals surface area contributed by atoms with E-state index < -0.39 is 0 Å². The number of piperazine rings is 1. The van der Waals surface area contributed by atoms with E-state index >= 15 is 0 Å². The van der Waals surface area contributed by atoms with Crippen LogP contribution in [0.15, 0.2) is 67.0 Å². The Hall–Kier alpha value is -3.41. The molecule has 0 N–H and O–H groups in total. The largest absolute Gasteiger partial charge is 0.439 e. The van der Waals surface area contributed by atoms with E-state index in [0.717, 1.165) is 36.6 Å². The summed E-state index contributed by atoms with van der Waals surface area (Å²) >= 11 is 0. The van der Waals surface area contributed by atoms with E-state index in [9.17, 15) is 4.79 Å². The summed E-state index contributed by atoms with van der Waals surface area (Å²) in [5.41, 5.74) is 2.25. The van der Waals surface area contributed by atoms with Crippen LogP contribution in [0, 0.1) is 6.92 Å². The van der Waals surface area contributed by atoms with Gasteiger partial charge in [-0.15, -0.1) is 0 Å². The smallest absolute Gasteiger partial charge is 0.224 e. The summed E-state index contributed by atoms with van der Waals surface area (Å²) in [6, 6.07) is 20.0. The lowest BCUT2D eigenvalue weighted by Gasteiger charge is -2.40. The molecule has 1 amide bonds. The molecule has 2 heterocycles. The summed E-state index contributed by atoms with van der Waals surface area (Å²) in [6.07, 6.45) is 2.85. The molecule has 1 aromatic heterocycles. The van der Waals surface area contributed by atoms with E-state index in [1.807, 2.05) is 60.4 Å². The second kappa shape index (κ2) is 9.60. The Morgan fingerprint density at radius 3 is 2.61 bits per heavy atom. The lowest BCUT2D eigenvalue weighted by Crippen LogP contribution is -2.54. The Labute approximate surface area is 183 Å². The zero-order chi connectivity index (χ0) is 21.6. The first-order valence-electron chi connectivity index (χ1n) is 10.7. The highest BCUT2D eigenvalue weighted by molar-refractivity contribution is 5.77. The summed E-state index contributed by atoms with van der Waals surface area (Å²) in [7, 11) is 0. The third-order valence-corrected chi connectivity index (χ3v) is 5.68. The van der Waals surface area contributed by atoms with Crippen LogP contribution in [-0.2, 0) is 11.2 Å². The fourth-order valence-corrected chi connectivity index (χ4v) is 3.92. The van der Waals surface area contributed by atoms with Gasteiger partial charge in [-0.05, 0) is 37.5 Å². The number of para-hydroxylation sites is 1. The first-order chi connectivity index (χ1) is 15.1. The van der Waals surface area contributed by atoms with Crippen LogP contribution in [0.3, 0.4) is 0 Å². The van der Waals surface area contributed by atoms with Crippen molar-refractivity contribution in [1.29, 1.82) is 0 Å². The maximum atomic E-state index is 12.8. The van der Waals surface area contributed by atoms with Crippen LogP contribution in [0.2, 0.25) is 0 Å². The van der Waals surface area contributed by atoms with Crippen molar-refractivity contribution in [1.82, 2.24) is 14.9 Å². The van der Waals surface area contributed by atoms with Crippen molar-refractivity contribution in [2.75, 3.05) is 24.5 Å². The molecular formula is C25H28N4O2. The number of aryl methyl sites for hydroxylation is 2. The molecular weight excluding hydrogens is 388 g/mol. The Morgan fingerprint density at radius 2 is 1.84 bits per heavy atom. The molecule has 0 radical (unpaired) electrons. The molecule has 1 fully saturated rings. The highest BCUT2D eigenvalue weighted by Crippen LogP contribution is 2.26. The van der Waals surface area contributed by atoms with Gasteiger partial charge in [0.2, 0.25) is 11.8 Å². The van der Waals surface area contributed by atoms with Crippen LogP contribution < -0.4 is 9.64 Å². The average molecular weight is 417 g/mol. The van der Waals surface area contributed by atoms with Gasteiger partial charge in [0.1, 0.15) is 17.9 Å². The van der Waals surface area contributed by atoms with Gasteiger partial charge >= 0.3 is 0 Å². The van der Waals surface area contributed by atoms with Crippen LogP contribution in [-0.4, -0.2) is 46.5 Å². The number of benzene rings is 2. The summed E-state index contributed by atoms with van der Waals surface area (Å²) in [4.78, 5) is 25.7.